The lowest BCUT2D eigenvalue weighted by atomic mass is 10.1. The number of amides is 4. The third kappa shape index (κ3) is 6.16. The summed E-state index contributed by atoms with van der Waals surface area (Å²) in [4.78, 5) is 48.9. The first-order chi connectivity index (χ1) is 17.2. The molecule has 4 N–H and O–H groups in total. The van der Waals surface area contributed by atoms with Gasteiger partial charge in [0.2, 0.25) is 11.5 Å². The zero-order valence-corrected chi connectivity index (χ0v) is 20.4. The van der Waals surface area contributed by atoms with Crippen LogP contribution in [-0.2, 0) is 9.59 Å². The van der Waals surface area contributed by atoms with Crippen LogP contribution in [0.1, 0.15) is 20.7 Å². The fourth-order valence-corrected chi connectivity index (χ4v) is 2.91. The molecule has 0 bridgehead atoms. The molecule has 2 rings (SSSR count). The van der Waals surface area contributed by atoms with E-state index in [1.165, 1.54) is 66.9 Å². The molecular formula is C22H26N4O10. The van der Waals surface area contributed by atoms with Crippen molar-refractivity contribution >= 4 is 23.6 Å². The Morgan fingerprint density at radius 2 is 0.750 bits per heavy atom. The number of benzene rings is 2. The molecule has 194 valence electrons. The SMILES string of the molecule is COc1cc(C(=O)NNC(=O)C(=O)NNC(=O)c2cc(OC)c(OC)c(OC)c2)cc(OC)c1OC. The highest BCUT2D eigenvalue weighted by atomic mass is 16.5. The van der Waals surface area contributed by atoms with Gasteiger partial charge >= 0.3 is 11.8 Å². The van der Waals surface area contributed by atoms with E-state index >= 15 is 0 Å². The normalized spacial score (nSPS) is 9.83. The number of carbonyl (C=O) groups is 4. The fourth-order valence-electron chi connectivity index (χ4n) is 2.91. The van der Waals surface area contributed by atoms with Crippen molar-refractivity contribution in [1.29, 1.82) is 0 Å². The summed E-state index contributed by atoms with van der Waals surface area (Å²) in [7, 11) is 8.29. The van der Waals surface area contributed by atoms with Gasteiger partial charge in [0.05, 0.1) is 42.7 Å². The third-order valence-corrected chi connectivity index (χ3v) is 4.64. The number of nitrogens with one attached hydrogen (secondary N) is 4. The van der Waals surface area contributed by atoms with Crippen molar-refractivity contribution in [2.24, 2.45) is 0 Å². The number of hydrazine groups is 2. The minimum Gasteiger partial charge on any atom is -0.493 e. The zero-order chi connectivity index (χ0) is 26.8. The van der Waals surface area contributed by atoms with Gasteiger partial charge in [-0.15, -0.1) is 0 Å². The van der Waals surface area contributed by atoms with E-state index in [2.05, 4.69) is 10.9 Å². The van der Waals surface area contributed by atoms with E-state index in [4.69, 9.17) is 28.4 Å². The minimum atomic E-state index is -1.26. The number of methoxy groups -OCH3 is 6. The van der Waals surface area contributed by atoms with Crippen LogP contribution in [-0.4, -0.2) is 66.3 Å². The summed E-state index contributed by atoms with van der Waals surface area (Å²) in [5.41, 5.74) is 8.08. The molecule has 0 fully saturated rings. The number of hydrogen-bond acceptors (Lipinski definition) is 10. The molecule has 0 saturated carbocycles. The number of rotatable bonds is 8. The maximum absolute atomic E-state index is 12.4. The van der Waals surface area contributed by atoms with Gasteiger partial charge in [0, 0.05) is 11.1 Å². The Hall–Kier alpha value is -4.88. The first-order valence-electron chi connectivity index (χ1n) is 10.1. The lowest BCUT2D eigenvalue weighted by Crippen LogP contribution is -2.52. The van der Waals surface area contributed by atoms with Crippen LogP contribution in [0.4, 0.5) is 0 Å². The van der Waals surface area contributed by atoms with E-state index in [0.29, 0.717) is 0 Å². The Morgan fingerprint density at radius 3 is 0.972 bits per heavy atom. The Kier molecular flexibility index (Phi) is 9.54. The van der Waals surface area contributed by atoms with Crippen LogP contribution < -0.4 is 50.1 Å². The number of carbonyl (C=O) groups excluding carboxylic acids is 4. The predicted molar refractivity (Wildman–Crippen MR) is 123 cm³/mol. The monoisotopic (exact) mass is 506 g/mol. The molecule has 36 heavy (non-hydrogen) atoms. The molecule has 0 heterocycles. The van der Waals surface area contributed by atoms with Crippen molar-refractivity contribution in [2.75, 3.05) is 42.7 Å². The van der Waals surface area contributed by atoms with Gasteiger partial charge < -0.3 is 28.4 Å². The van der Waals surface area contributed by atoms with Crippen molar-refractivity contribution in [3.63, 3.8) is 0 Å². The summed E-state index contributed by atoms with van der Waals surface area (Å²) in [5, 5.41) is 0. The quantitative estimate of drug-likeness (QED) is 0.281. The van der Waals surface area contributed by atoms with Crippen molar-refractivity contribution in [3.8, 4) is 34.5 Å². The molecule has 0 aliphatic carbocycles. The first kappa shape index (κ1) is 27.4. The molecule has 2 aromatic carbocycles. The fraction of sp³-hybridized carbons (Fsp3) is 0.273. The largest absolute Gasteiger partial charge is 0.493 e. The lowest BCUT2D eigenvalue weighted by Gasteiger charge is -2.15. The summed E-state index contributed by atoms with van der Waals surface area (Å²) < 4.78 is 31.0. The average Bonchev–Trinajstić information content (AvgIpc) is 2.91. The van der Waals surface area contributed by atoms with Gasteiger partial charge in [-0.1, -0.05) is 0 Å². The Morgan fingerprint density at radius 1 is 0.472 bits per heavy atom. The molecule has 0 atom stereocenters. The van der Waals surface area contributed by atoms with Crippen LogP contribution in [0.15, 0.2) is 24.3 Å². The molecule has 14 nitrogen and oxygen atoms in total. The summed E-state index contributed by atoms with van der Waals surface area (Å²) >= 11 is 0. The third-order valence-electron chi connectivity index (χ3n) is 4.64. The van der Waals surface area contributed by atoms with Crippen LogP contribution in [0, 0.1) is 0 Å². The molecule has 0 aromatic heterocycles. The van der Waals surface area contributed by atoms with Crippen LogP contribution in [0.25, 0.3) is 0 Å². The Labute approximate surface area is 206 Å². The highest BCUT2D eigenvalue weighted by Gasteiger charge is 2.21. The molecule has 2 aromatic rings. The van der Waals surface area contributed by atoms with Gasteiger partial charge in [0.25, 0.3) is 11.8 Å². The molecule has 4 amide bonds. The van der Waals surface area contributed by atoms with Crippen molar-refractivity contribution in [3.05, 3.63) is 35.4 Å². The van der Waals surface area contributed by atoms with Crippen LogP contribution in [0.3, 0.4) is 0 Å². The molecule has 0 aliphatic rings. The standard InChI is InChI=1S/C22H26N4O10/c1-31-13-7-11(8-14(32-2)17(13)35-5)19(27)23-25-21(29)22(30)26-24-20(28)12-9-15(33-3)18(36-6)16(10-12)34-4/h7-10H,1-6H3,(H,23,27)(H,24,28)(H,25,29)(H,26,30). The minimum absolute atomic E-state index is 0.0425. The van der Waals surface area contributed by atoms with E-state index in [-0.39, 0.29) is 45.6 Å². The molecule has 0 spiro atoms. The van der Waals surface area contributed by atoms with Gasteiger partial charge in [-0.25, -0.2) is 0 Å². The van der Waals surface area contributed by atoms with Crippen LogP contribution in [0.2, 0.25) is 0 Å². The molecular weight excluding hydrogens is 480 g/mol. The number of ether oxygens (including phenoxy) is 6. The van der Waals surface area contributed by atoms with Crippen molar-refractivity contribution in [2.45, 2.75) is 0 Å². The molecule has 0 radical (unpaired) electrons. The van der Waals surface area contributed by atoms with Gasteiger partial charge in [0.15, 0.2) is 23.0 Å². The van der Waals surface area contributed by atoms with E-state index in [9.17, 15) is 19.2 Å². The maximum atomic E-state index is 12.4. The second-order valence-electron chi connectivity index (χ2n) is 6.64. The molecule has 14 heteroatoms. The summed E-state index contributed by atoms with van der Waals surface area (Å²) in [6, 6.07) is 5.39. The Bertz CT molecular complexity index is 1010. The molecule has 0 saturated heterocycles. The summed E-state index contributed by atoms with van der Waals surface area (Å²) in [6.07, 6.45) is 0. The average molecular weight is 506 g/mol. The molecule has 0 unspecified atom stereocenters. The van der Waals surface area contributed by atoms with Gasteiger partial charge in [0.1, 0.15) is 0 Å². The van der Waals surface area contributed by atoms with E-state index in [1.54, 1.807) is 0 Å². The van der Waals surface area contributed by atoms with Crippen LogP contribution in [0.5, 0.6) is 34.5 Å². The smallest absolute Gasteiger partial charge is 0.329 e. The van der Waals surface area contributed by atoms with E-state index < -0.39 is 23.6 Å². The second-order valence-corrected chi connectivity index (χ2v) is 6.64. The lowest BCUT2D eigenvalue weighted by molar-refractivity contribution is -0.140. The first-order valence-corrected chi connectivity index (χ1v) is 10.1. The Balaban J connectivity index is 2.00. The predicted octanol–water partition coefficient (Wildman–Crippen LogP) is -0.0396. The highest BCUT2D eigenvalue weighted by molar-refractivity contribution is 6.35. The summed E-state index contributed by atoms with van der Waals surface area (Å²) in [6.45, 7) is 0. The van der Waals surface area contributed by atoms with Crippen molar-refractivity contribution in [1.82, 2.24) is 21.7 Å². The topological polar surface area (TPSA) is 172 Å². The van der Waals surface area contributed by atoms with Crippen LogP contribution >= 0.6 is 0 Å². The number of hydrogen-bond donors (Lipinski definition) is 4. The van der Waals surface area contributed by atoms with Gasteiger partial charge in [-0.3, -0.25) is 40.9 Å². The molecule has 0 aliphatic heterocycles. The summed E-state index contributed by atoms with van der Waals surface area (Å²) in [5.74, 6) is -2.72. The maximum Gasteiger partial charge on any atom is 0.329 e. The van der Waals surface area contributed by atoms with Gasteiger partial charge in [-0.2, -0.15) is 0 Å². The highest BCUT2D eigenvalue weighted by Crippen LogP contribution is 2.39. The van der Waals surface area contributed by atoms with Gasteiger partial charge in [-0.05, 0) is 24.3 Å². The van der Waals surface area contributed by atoms with Crippen molar-refractivity contribution < 1.29 is 47.6 Å². The van der Waals surface area contributed by atoms with E-state index in [1.807, 2.05) is 10.9 Å². The zero-order valence-electron chi connectivity index (χ0n) is 20.4. The second kappa shape index (κ2) is 12.5. The van der Waals surface area contributed by atoms with E-state index in [0.717, 1.165) is 0 Å².